The Bertz CT molecular complexity index is 575. The molecule has 128 valence electrons. The van der Waals surface area contributed by atoms with Crippen molar-refractivity contribution in [1.29, 1.82) is 0 Å². The number of nitrogens with two attached hydrogens (primary N) is 1. The summed E-state index contributed by atoms with van der Waals surface area (Å²) in [5.41, 5.74) is 9.78. The van der Waals surface area contributed by atoms with E-state index in [1.54, 1.807) is 0 Å². The predicted molar refractivity (Wildman–Crippen MR) is 107 cm³/mol. The van der Waals surface area contributed by atoms with Crippen LogP contribution in [0, 0.1) is 5.41 Å². The van der Waals surface area contributed by atoms with Crippen molar-refractivity contribution >= 4 is 35.6 Å². The van der Waals surface area contributed by atoms with Gasteiger partial charge in [-0.2, -0.15) is 0 Å². The zero-order chi connectivity index (χ0) is 15.6. The van der Waals surface area contributed by atoms with Crippen molar-refractivity contribution < 1.29 is 5.11 Å². The van der Waals surface area contributed by atoms with E-state index in [1.165, 1.54) is 30.4 Å². The standard InChI is InChI=1S/C18H27N3O.HI/c1-18(10-3-2-7-16(18)22)12-20-17(19)21-15-9-8-13-5-4-6-14(13)11-15;/h8-9,11,16,22H,2-7,10,12H2,1H3,(H3,19,20,21);1H. The van der Waals surface area contributed by atoms with Gasteiger partial charge in [0.15, 0.2) is 5.96 Å². The van der Waals surface area contributed by atoms with Crippen molar-refractivity contribution in [1.82, 2.24) is 0 Å². The smallest absolute Gasteiger partial charge is 0.193 e. The van der Waals surface area contributed by atoms with Gasteiger partial charge in [-0.1, -0.05) is 25.8 Å². The molecule has 1 aromatic rings. The molecule has 0 radical (unpaired) electrons. The zero-order valence-corrected chi connectivity index (χ0v) is 16.2. The second kappa shape index (κ2) is 7.83. The summed E-state index contributed by atoms with van der Waals surface area (Å²) in [6.45, 7) is 2.70. The number of aliphatic imine (C=N–C) groups is 1. The normalized spacial score (nSPS) is 27.2. The Kier molecular flexibility index (Phi) is 6.31. The molecule has 2 aliphatic rings. The molecule has 3 rings (SSSR count). The maximum atomic E-state index is 10.2. The first-order valence-electron chi connectivity index (χ1n) is 8.44. The van der Waals surface area contributed by atoms with Gasteiger partial charge in [0.2, 0.25) is 0 Å². The third-order valence-corrected chi connectivity index (χ3v) is 5.26. The molecule has 1 saturated carbocycles. The number of hydrogen-bond donors (Lipinski definition) is 3. The van der Waals surface area contributed by atoms with Gasteiger partial charge < -0.3 is 16.2 Å². The van der Waals surface area contributed by atoms with Crippen LogP contribution in [0.4, 0.5) is 5.69 Å². The van der Waals surface area contributed by atoms with E-state index in [0.717, 1.165) is 31.4 Å². The third kappa shape index (κ3) is 4.38. The molecule has 1 aromatic carbocycles. The summed E-state index contributed by atoms with van der Waals surface area (Å²) >= 11 is 0. The molecular formula is C18H28IN3O. The van der Waals surface area contributed by atoms with E-state index in [0.29, 0.717) is 12.5 Å². The summed E-state index contributed by atoms with van der Waals surface area (Å²) in [7, 11) is 0. The summed E-state index contributed by atoms with van der Waals surface area (Å²) < 4.78 is 0. The van der Waals surface area contributed by atoms with Gasteiger partial charge >= 0.3 is 0 Å². The van der Waals surface area contributed by atoms with Crippen LogP contribution in [0.2, 0.25) is 0 Å². The number of guanidine groups is 1. The Morgan fingerprint density at radius 1 is 1.30 bits per heavy atom. The molecule has 23 heavy (non-hydrogen) atoms. The largest absolute Gasteiger partial charge is 0.392 e. The lowest BCUT2D eigenvalue weighted by Gasteiger charge is -2.37. The van der Waals surface area contributed by atoms with Gasteiger partial charge in [-0.05, 0) is 55.4 Å². The quantitative estimate of drug-likeness (QED) is 0.392. The molecule has 0 spiro atoms. The number of hydrogen-bond acceptors (Lipinski definition) is 2. The Hall–Kier alpha value is -0.820. The van der Waals surface area contributed by atoms with E-state index in [9.17, 15) is 5.11 Å². The zero-order valence-electron chi connectivity index (χ0n) is 13.8. The van der Waals surface area contributed by atoms with Crippen molar-refractivity contribution in [2.24, 2.45) is 16.1 Å². The van der Waals surface area contributed by atoms with Crippen LogP contribution >= 0.6 is 24.0 Å². The van der Waals surface area contributed by atoms with E-state index >= 15 is 0 Å². The van der Waals surface area contributed by atoms with Crippen LogP contribution in [0.5, 0.6) is 0 Å². The van der Waals surface area contributed by atoms with Crippen molar-refractivity contribution in [2.45, 2.75) is 58.0 Å². The van der Waals surface area contributed by atoms with E-state index in [-0.39, 0.29) is 35.5 Å². The highest BCUT2D eigenvalue weighted by molar-refractivity contribution is 14.0. The molecule has 4 nitrogen and oxygen atoms in total. The first kappa shape index (κ1) is 18.5. The molecule has 1 fully saturated rings. The van der Waals surface area contributed by atoms with E-state index in [1.807, 2.05) is 0 Å². The predicted octanol–water partition coefficient (Wildman–Crippen LogP) is 3.46. The van der Waals surface area contributed by atoms with Gasteiger partial charge in [0, 0.05) is 11.1 Å². The maximum absolute atomic E-state index is 10.2. The summed E-state index contributed by atoms with van der Waals surface area (Å²) in [5.74, 6) is 0.442. The number of benzene rings is 1. The molecule has 5 heteroatoms. The Labute approximate surface area is 156 Å². The second-order valence-electron chi connectivity index (χ2n) is 7.08. The van der Waals surface area contributed by atoms with E-state index in [2.05, 4.69) is 35.4 Å². The number of rotatable bonds is 3. The molecule has 0 amide bonds. The number of halogens is 1. The Balaban J connectivity index is 0.00000192. The van der Waals surface area contributed by atoms with Crippen LogP contribution in [0.3, 0.4) is 0 Å². The number of aliphatic hydroxyl groups excluding tert-OH is 1. The minimum atomic E-state index is -0.266. The van der Waals surface area contributed by atoms with Crippen LogP contribution in [0.15, 0.2) is 23.2 Å². The van der Waals surface area contributed by atoms with Crippen LogP contribution in [0.1, 0.15) is 50.2 Å². The van der Waals surface area contributed by atoms with Gasteiger partial charge in [-0.3, -0.25) is 4.99 Å². The monoisotopic (exact) mass is 429 g/mol. The minimum absolute atomic E-state index is 0. The van der Waals surface area contributed by atoms with Crippen molar-refractivity contribution in [3.63, 3.8) is 0 Å². The van der Waals surface area contributed by atoms with Crippen molar-refractivity contribution in [3.05, 3.63) is 29.3 Å². The average molecular weight is 429 g/mol. The number of aryl methyl sites for hydroxylation is 2. The molecule has 4 N–H and O–H groups in total. The number of nitrogens with zero attached hydrogens (tertiary/aromatic N) is 1. The first-order chi connectivity index (χ1) is 10.6. The summed E-state index contributed by atoms with van der Waals surface area (Å²) in [5, 5.41) is 13.4. The minimum Gasteiger partial charge on any atom is -0.392 e. The number of nitrogens with one attached hydrogen (secondary N) is 1. The molecule has 2 atom stereocenters. The van der Waals surface area contributed by atoms with Crippen LogP contribution in [0.25, 0.3) is 0 Å². The highest BCUT2D eigenvalue weighted by atomic mass is 127. The molecule has 2 aliphatic carbocycles. The third-order valence-electron chi connectivity index (χ3n) is 5.26. The Morgan fingerprint density at radius 3 is 2.87 bits per heavy atom. The SMILES string of the molecule is CC1(CN=C(N)Nc2ccc3c(c2)CCC3)CCCCC1O.I. The number of fused-ring (bicyclic) bond motifs is 1. The number of anilines is 1. The molecule has 0 aromatic heterocycles. The second-order valence-corrected chi connectivity index (χ2v) is 7.08. The molecular weight excluding hydrogens is 401 g/mol. The lowest BCUT2D eigenvalue weighted by molar-refractivity contribution is 0.00724. The van der Waals surface area contributed by atoms with Gasteiger partial charge in [-0.25, -0.2) is 0 Å². The van der Waals surface area contributed by atoms with Gasteiger partial charge in [0.05, 0.1) is 12.6 Å². The summed E-state index contributed by atoms with van der Waals surface area (Å²) in [4.78, 5) is 4.48. The molecule has 0 bridgehead atoms. The van der Waals surface area contributed by atoms with Gasteiger partial charge in [-0.15, -0.1) is 24.0 Å². The van der Waals surface area contributed by atoms with Crippen molar-refractivity contribution in [2.75, 3.05) is 11.9 Å². The van der Waals surface area contributed by atoms with E-state index in [4.69, 9.17) is 5.73 Å². The Morgan fingerprint density at radius 2 is 2.09 bits per heavy atom. The van der Waals surface area contributed by atoms with Crippen LogP contribution in [-0.4, -0.2) is 23.7 Å². The topological polar surface area (TPSA) is 70.6 Å². The molecule has 2 unspecified atom stereocenters. The van der Waals surface area contributed by atoms with E-state index < -0.39 is 0 Å². The van der Waals surface area contributed by atoms with Crippen LogP contribution < -0.4 is 11.1 Å². The fraction of sp³-hybridized carbons (Fsp3) is 0.611. The van der Waals surface area contributed by atoms with Gasteiger partial charge in [0.25, 0.3) is 0 Å². The summed E-state index contributed by atoms with van der Waals surface area (Å²) in [6, 6.07) is 6.44. The first-order valence-corrected chi connectivity index (χ1v) is 8.44. The number of aliphatic hydroxyl groups is 1. The lowest BCUT2D eigenvalue weighted by Crippen LogP contribution is -2.39. The summed E-state index contributed by atoms with van der Waals surface area (Å²) in [6.07, 6.45) is 7.51. The lowest BCUT2D eigenvalue weighted by atomic mass is 9.73. The average Bonchev–Trinajstić information content (AvgIpc) is 2.96. The molecule has 0 aliphatic heterocycles. The highest BCUT2D eigenvalue weighted by Crippen LogP contribution is 2.36. The maximum Gasteiger partial charge on any atom is 0.193 e. The molecule has 0 saturated heterocycles. The fourth-order valence-electron chi connectivity index (χ4n) is 3.67. The fourth-order valence-corrected chi connectivity index (χ4v) is 3.67. The molecule has 0 heterocycles. The van der Waals surface area contributed by atoms with Crippen LogP contribution in [-0.2, 0) is 12.8 Å². The van der Waals surface area contributed by atoms with Crippen molar-refractivity contribution in [3.8, 4) is 0 Å². The highest BCUT2D eigenvalue weighted by Gasteiger charge is 2.35. The van der Waals surface area contributed by atoms with Gasteiger partial charge in [0.1, 0.15) is 0 Å².